The molecule has 5 nitrogen and oxygen atoms in total. The summed E-state index contributed by atoms with van der Waals surface area (Å²) in [6.45, 7) is 3.87. The van der Waals surface area contributed by atoms with Gasteiger partial charge >= 0.3 is 11.6 Å². The highest BCUT2D eigenvalue weighted by Crippen LogP contribution is 2.37. The molecule has 2 aromatic rings. The van der Waals surface area contributed by atoms with Crippen molar-refractivity contribution in [2.24, 2.45) is 0 Å². The van der Waals surface area contributed by atoms with Crippen LogP contribution in [0.3, 0.4) is 0 Å². The summed E-state index contributed by atoms with van der Waals surface area (Å²) in [6, 6.07) is 4.49. The van der Waals surface area contributed by atoms with Crippen molar-refractivity contribution in [3.05, 3.63) is 45.8 Å². The first kappa shape index (κ1) is 13.4. The lowest BCUT2D eigenvalue weighted by Gasteiger charge is -2.28. The summed E-state index contributed by atoms with van der Waals surface area (Å²) in [5.41, 5.74) is 0.185. The summed E-state index contributed by atoms with van der Waals surface area (Å²) in [5, 5.41) is 0.519. The Morgan fingerprint density at radius 3 is 2.76 bits per heavy atom. The topological polar surface area (TPSA) is 65.7 Å². The minimum atomic E-state index is -0.594. The Hall–Kier alpha value is -2.56. The highest BCUT2D eigenvalue weighted by molar-refractivity contribution is 6.07. The van der Waals surface area contributed by atoms with Gasteiger partial charge in [0.2, 0.25) is 0 Å². The van der Waals surface area contributed by atoms with Gasteiger partial charge in [-0.1, -0.05) is 6.08 Å². The van der Waals surface area contributed by atoms with Crippen molar-refractivity contribution in [2.75, 3.05) is 7.11 Å². The van der Waals surface area contributed by atoms with E-state index in [0.717, 1.165) is 6.07 Å². The molecule has 108 valence electrons. The average molecular weight is 286 g/mol. The Balaban J connectivity index is 2.38. The van der Waals surface area contributed by atoms with E-state index in [9.17, 15) is 9.59 Å². The van der Waals surface area contributed by atoms with E-state index in [1.165, 1.54) is 7.11 Å². The van der Waals surface area contributed by atoms with Crippen molar-refractivity contribution < 1.29 is 18.7 Å². The lowest BCUT2D eigenvalue weighted by molar-refractivity contribution is 0.0602. The van der Waals surface area contributed by atoms with Crippen LogP contribution in [0.5, 0.6) is 5.75 Å². The third-order valence-corrected chi connectivity index (χ3v) is 3.34. The molecule has 0 aliphatic carbocycles. The fourth-order valence-electron chi connectivity index (χ4n) is 2.40. The van der Waals surface area contributed by atoms with Crippen LogP contribution in [0.1, 0.15) is 29.8 Å². The number of benzene rings is 1. The van der Waals surface area contributed by atoms with Crippen molar-refractivity contribution in [3.63, 3.8) is 0 Å². The van der Waals surface area contributed by atoms with Gasteiger partial charge in [0.05, 0.1) is 12.7 Å². The van der Waals surface area contributed by atoms with Crippen molar-refractivity contribution in [3.8, 4) is 5.75 Å². The molecule has 0 unspecified atom stereocenters. The fraction of sp³-hybridized carbons (Fsp3) is 0.250. The zero-order valence-corrected chi connectivity index (χ0v) is 11.9. The molecule has 0 amide bonds. The zero-order chi connectivity index (χ0) is 15.2. The van der Waals surface area contributed by atoms with E-state index < -0.39 is 17.2 Å². The Kier molecular flexibility index (Phi) is 2.86. The summed E-state index contributed by atoms with van der Waals surface area (Å²) in [4.78, 5) is 23.5. The predicted octanol–water partition coefficient (Wildman–Crippen LogP) is 2.76. The Morgan fingerprint density at radius 1 is 1.29 bits per heavy atom. The summed E-state index contributed by atoms with van der Waals surface area (Å²) in [7, 11) is 1.27. The first-order valence-electron chi connectivity index (χ1n) is 6.49. The van der Waals surface area contributed by atoms with Crippen LogP contribution in [0.25, 0.3) is 17.0 Å². The van der Waals surface area contributed by atoms with Gasteiger partial charge in [0.25, 0.3) is 0 Å². The molecular weight excluding hydrogens is 272 g/mol. The minimum Gasteiger partial charge on any atom is -0.483 e. The van der Waals surface area contributed by atoms with Gasteiger partial charge in [-0.25, -0.2) is 9.59 Å². The summed E-state index contributed by atoms with van der Waals surface area (Å²) in [6.07, 6.45) is 3.76. The minimum absolute atomic E-state index is 0.175. The van der Waals surface area contributed by atoms with E-state index in [2.05, 4.69) is 0 Å². The smallest absolute Gasteiger partial charge is 0.338 e. The Morgan fingerprint density at radius 2 is 2.05 bits per heavy atom. The van der Waals surface area contributed by atoms with Gasteiger partial charge in [0, 0.05) is 17.0 Å². The molecule has 0 radical (unpaired) electrons. The van der Waals surface area contributed by atoms with Gasteiger partial charge in [0.15, 0.2) is 0 Å². The molecule has 1 aliphatic rings. The van der Waals surface area contributed by atoms with Crippen molar-refractivity contribution in [1.29, 1.82) is 0 Å². The number of hydrogen-bond acceptors (Lipinski definition) is 5. The van der Waals surface area contributed by atoms with Crippen molar-refractivity contribution >= 4 is 23.0 Å². The van der Waals surface area contributed by atoms with Gasteiger partial charge in [-0.2, -0.15) is 0 Å². The van der Waals surface area contributed by atoms with Gasteiger partial charge in [0.1, 0.15) is 16.9 Å². The van der Waals surface area contributed by atoms with Gasteiger partial charge < -0.3 is 13.9 Å². The molecule has 2 heterocycles. The highest BCUT2D eigenvalue weighted by Gasteiger charge is 2.25. The lowest BCUT2D eigenvalue weighted by atomic mass is 9.97. The monoisotopic (exact) mass is 286 g/mol. The summed E-state index contributed by atoms with van der Waals surface area (Å²) >= 11 is 0. The number of carbonyl (C=O) groups is 1. The van der Waals surface area contributed by atoms with Crippen LogP contribution in [0.15, 0.2) is 33.5 Å². The third-order valence-electron chi connectivity index (χ3n) is 3.34. The first-order valence-corrected chi connectivity index (χ1v) is 6.49. The summed E-state index contributed by atoms with van der Waals surface area (Å²) in [5.74, 6) is 0.0496. The zero-order valence-electron chi connectivity index (χ0n) is 11.9. The van der Waals surface area contributed by atoms with Crippen LogP contribution in [0, 0.1) is 0 Å². The molecule has 0 saturated carbocycles. The maximum Gasteiger partial charge on any atom is 0.338 e. The number of rotatable bonds is 1. The third kappa shape index (κ3) is 2.20. The van der Waals surface area contributed by atoms with Crippen LogP contribution in [0.2, 0.25) is 0 Å². The fourth-order valence-corrected chi connectivity index (χ4v) is 2.40. The van der Waals surface area contributed by atoms with Gasteiger partial charge in [-0.3, -0.25) is 0 Å². The normalized spacial score (nSPS) is 15.4. The highest BCUT2D eigenvalue weighted by atomic mass is 16.5. The quantitative estimate of drug-likeness (QED) is 0.595. The molecule has 1 aromatic heterocycles. The van der Waals surface area contributed by atoms with E-state index in [4.69, 9.17) is 13.9 Å². The van der Waals surface area contributed by atoms with E-state index in [0.29, 0.717) is 22.3 Å². The predicted molar refractivity (Wildman–Crippen MR) is 77.6 cm³/mol. The molecular formula is C16H14O5. The van der Waals surface area contributed by atoms with Crippen LogP contribution < -0.4 is 10.4 Å². The molecule has 0 atom stereocenters. The number of methoxy groups -OCH3 is 1. The molecule has 0 fully saturated rings. The number of fused-ring (bicyclic) bond motifs is 3. The van der Waals surface area contributed by atoms with Gasteiger partial charge in [-0.05, 0) is 32.1 Å². The lowest BCUT2D eigenvalue weighted by Crippen LogP contribution is -2.27. The molecule has 0 spiro atoms. The van der Waals surface area contributed by atoms with Crippen LogP contribution >= 0.6 is 0 Å². The van der Waals surface area contributed by atoms with Crippen LogP contribution in [-0.2, 0) is 4.74 Å². The van der Waals surface area contributed by atoms with Crippen LogP contribution in [-0.4, -0.2) is 18.7 Å². The maximum absolute atomic E-state index is 11.9. The Labute approximate surface area is 120 Å². The number of carbonyl (C=O) groups excluding carboxylic acids is 1. The second-order valence-electron chi connectivity index (χ2n) is 5.36. The molecule has 0 bridgehead atoms. The summed E-state index contributed by atoms with van der Waals surface area (Å²) < 4.78 is 15.8. The van der Waals surface area contributed by atoms with E-state index in [1.807, 2.05) is 26.0 Å². The van der Waals surface area contributed by atoms with Crippen molar-refractivity contribution in [1.82, 2.24) is 0 Å². The van der Waals surface area contributed by atoms with Crippen molar-refractivity contribution in [2.45, 2.75) is 19.4 Å². The second-order valence-corrected chi connectivity index (χ2v) is 5.36. The van der Waals surface area contributed by atoms with E-state index in [-0.39, 0.29) is 5.56 Å². The molecule has 1 aromatic carbocycles. The molecule has 21 heavy (non-hydrogen) atoms. The largest absolute Gasteiger partial charge is 0.483 e. The molecule has 0 saturated heterocycles. The maximum atomic E-state index is 11.9. The van der Waals surface area contributed by atoms with Crippen LogP contribution in [0.4, 0.5) is 0 Å². The number of esters is 1. The molecule has 3 rings (SSSR count). The molecule has 0 N–H and O–H groups in total. The van der Waals surface area contributed by atoms with E-state index in [1.54, 1.807) is 12.1 Å². The number of ether oxygens (including phenoxy) is 2. The van der Waals surface area contributed by atoms with E-state index >= 15 is 0 Å². The molecule has 5 heteroatoms. The first-order chi connectivity index (χ1) is 9.91. The van der Waals surface area contributed by atoms with Gasteiger partial charge in [-0.15, -0.1) is 0 Å². The Bertz CT molecular complexity index is 826. The SMILES string of the molecule is COC(=O)c1cc(=O)oc2ccc3c(c12)C=CC(C)(C)O3. The second kappa shape index (κ2) is 4.48. The molecule has 1 aliphatic heterocycles. The standard InChI is InChI=1S/C16H14O5/c1-16(2)7-6-9-11(21-16)4-5-12-14(9)10(15(18)19-3)8-13(17)20-12/h4-8H,1-3H3. The average Bonchev–Trinajstić information content (AvgIpc) is 2.44. The number of hydrogen-bond donors (Lipinski definition) is 0.